The number of para-hydroxylation sites is 1. The van der Waals surface area contributed by atoms with Crippen LogP contribution in [0, 0.1) is 0 Å². The third-order valence-corrected chi connectivity index (χ3v) is 4.83. The summed E-state index contributed by atoms with van der Waals surface area (Å²) in [6.45, 7) is 2.12. The average molecular weight is 366 g/mol. The predicted octanol–water partition coefficient (Wildman–Crippen LogP) is 3.09. The molecule has 27 heavy (non-hydrogen) atoms. The Hall–Kier alpha value is -2.66. The van der Waals surface area contributed by atoms with Crippen molar-refractivity contribution in [2.45, 2.75) is 44.7 Å². The van der Waals surface area contributed by atoms with Crippen LogP contribution in [0.5, 0.6) is 0 Å². The maximum absolute atomic E-state index is 12.6. The largest absolute Gasteiger partial charge is 0.465 e. The van der Waals surface area contributed by atoms with Crippen LogP contribution < -0.4 is 10.6 Å². The molecule has 0 bridgehead atoms. The molecule has 2 aromatic carbocycles. The molecule has 0 fully saturated rings. The number of hydrogen-bond acceptors (Lipinski definition) is 4. The van der Waals surface area contributed by atoms with Crippen molar-refractivity contribution in [2.24, 2.45) is 0 Å². The molecule has 2 N–H and O–H groups in total. The van der Waals surface area contributed by atoms with E-state index in [4.69, 9.17) is 4.74 Å². The summed E-state index contributed by atoms with van der Waals surface area (Å²) in [5.74, 6) is -0.406. The smallest absolute Gasteiger partial charge is 0.323 e. The molecule has 2 aromatic rings. The van der Waals surface area contributed by atoms with Gasteiger partial charge in [-0.2, -0.15) is 0 Å². The molecule has 0 unspecified atom stereocenters. The lowest BCUT2D eigenvalue weighted by atomic mass is 10.0. The van der Waals surface area contributed by atoms with Crippen LogP contribution in [0.2, 0.25) is 0 Å². The number of carbonyl (C=O) groups excluding carboxylic acids is 2. The number of nitrogens with one attached hydrogen (secondary N) is 2. The Kier molecular flexibility index (Phi) is 6.60. The summed E-state index contributed by atoms with van der Waals surface area (Å²) < 4.78 is 5.23. The highest BCUT2D eigenvalue weighted by Gasteiger charge is 2.29. The van der Waals surface area contributed by atoms with Crippen LogP contribution in [0.15, 0.2) is 54.6 Å². The lowest BCUT2D eigenvalue weighted by molar-refractivity contribution is -0.146. The summed E-state index contributed by atoms with van der Waals surface area (Å²) in [5.41, 5.74) is 3.13. The highest BCUT2D eigenvalue weighted by molar-refractivity contribution is 5.96. The lowest BCUT2D eigenvalue weighted by Crippen LogP contribution is -2.49. The molecular weight excluding hydrogens is 340 g/mol. The number of esters is 1. The van der Waals surface area contributed by atoms with Gasteiger partial charge in [-0.3, -0.25) is 14.9 Å². The number of benzene rings is 2. The van der Waals surface area contributed by atoms with Gasteiger partial charge >= 0.3 is 5.97 Å². The quantitative estimate of drug-likeness (QED) is 0.739. The van der Waals surface area contributed by atoms with Crippen molar-refractivity contribution in [1.82, 2.24) is 5.32 Å². The molecule has 5 nitrogen and oxygen atoms in total. The minimum absolute atomic E-state index is 0.103. The van der Waals surface area contributed by atoms with E-state index in [0.29, 0.717) is 19.4 Å². The minimum atomic E-state index is -0.512. The van der Waals surface area contributed by atoms with Crippen LogP contribution in [-0.2, 0) is 27.2 Å². The van der Waals surface area contributed by atoms with Crippen LogP contribution in [-0.4, -0.2) is 30.6 Å². The first-order valence-corrected chi connectivity index (χ1v) is 9.52. The van der Waals surface area contributed by atoms with Crippen molar-refractivity contribution in [3.63, 3.8) is 0 Å². The Morgan fingerprint density at radius 3 is 2.70 bits per heavy atom. The molecule has 1 aliphatic rings. The van der Waals surface area contributed by atoms with E-state index < -0.39 is 12.1 Å². The highest BCUT2D eigenvalue weighted by atomic mass is 16.5. The Balaban J connectivity index is 1.67. The monoisotopic (exact) mass is 366 g/mol. The summed E-state index contributed by atoms with van der Waals surface area (Å²) in [6, 6.07) is 16.9. The zero-order chi connectivity index (χ0) is 19.1. The standard InChI is InChI=1S/C22H26N2O3/c1-2-27-22(26)20(14-12-16-8-4-3-5-9-16)23-19-15-13-17-10-6-7-11-18(17)24-21(19)25/h3-11,19-20,23H,2,12-15H2,1H3,(H,24,25)/t19-,20+/m1/s1. The van der Waals surface area contributed by atoms with Gasteiger partial charge in [0.2, 0.25) is 5.91 Å². The number of hydrogen-bond donors (Lipinski definition) is 2. The molecule has 3 rings (SSSR count). The van der Waals surface area contributed by atoms with E-state index in [1.54, 1.807) is 6.92 Å². The molecule has 0 saturated carbocycles. The third kappa shape index (κ3) is 5.17. The van der Waals surface area contributed by atoms with Crippen LogP contribution in [0.3, 0.4) is 0 Å². The topological polar surface area (TPSA) is 67.4 Å². The number of anilines is 1. The summed E-state index contributed by atoms with van der Waals surface area (Å²) in [6.07, 6.45) is 2.75. The maximum Gasteiger partial charge on any atom is 0.323 e. The summed E-state index contributed by atoms with van der Waals surface area (Å²) in [7, 11) is 0. The first-order valence-electron chi connectivity index (χ1n) is 9.52. The van der Waals surface area contributed by atoms with Crippen molar-refractivity contribution in [1.29, 1.82) is 0 Å². The van der Waals surface area contributed by atoms with Gasteiger partial charge in [0, 0.05) is 5.69 Å². The zero-order valence-electron chi connectivity index (χ0n) is 15.6. The third-order valence-electron chi connectivity index (χ3n) is 4.83. The zero-order valence-corrected chi connectivity index (χ0v) is 15.6. The SMILES string of the molecule is CCOC(=O)[C@H](CCc1ccccc1)N[C@@H]1CCc2ccccc2NC1=O. The normalized spacial score (nSPS) is 17.4. The number of aryl methyl sites for hydroxylation is 2. The van der Waals surface area contributed by atoms with Crippen molar-refractivity contribution < 1.29 is 14.3 Å². The maximum atomic E-state index is 12.6. The summed E-state index contributed by atoms with van der Waals surface area (Å²) in [5, 5.41) is 6.22. The molecular formula is C22H26N2O3. The molecule has 1 aliphatic heterocycles. The van der Waals surface area contributed by atoms with E-state index in [0.717, 1.165) is 29.7 Å². The number of carbonyl (C=O) groups is 2. The molecule has 0 aliphatic carbocycles. The van der Waals surface area contributed by atoms with E-state index >= 15 is 0 Å². The molecule has 142 valence electrons. The highest BCUT2D eigenvalue weighted by Crippen LogP contribution is 2.22. The molecule has 1 heterocycles. The van der Waals surface area contributed by atoms with E-state index in [1.165, 1.54) is 0 Å². The van der Waals surface area contributed by atoms with Crippen LogP contribution in [0.1, 0.15) is 30.9 Å². The summed E-state index contributed by atoms with van der Waals surface area (Å²) in [4.78, 5) is 25.1. The number of amides is 1. The van der Waals surface area contributed by atoms with Crippen molar-refractivity contribution in [3.05, 3.63) is 65.7 Å². The van der Waals surface area contributed by atoms with Crippen LogP contribution in [0.25, 0.3) is 0 Å². The van der Waals surface area contributed by atoms with Crippen molar-refractivity contribution in [2.75, 3.05) is 11.9 Å². The first-order chi connectivity index (χ1) is 13.2. The molecule has 0 spiro atoms. The number of rotatable bonds is 7. The lowest BCUT2D eigenvalue weighted by Gasteiger charge is -2.23. The van der Waals surface area contributed by atoms with Crippen molar-refractivity contribution in [3.8, 4) is 0 Å². The Bertz CT molecular complexity index is 776. The Morgan fingerprint density at radius 2 is 1.93 bits per heavy atom. The fourth-order valence-electron chi connectivity index (χ4n) is 3.38. The van der Waals surface area contributed by atoms with Crippen LogP contribution >= 0.6 is 0 Å². The Morgan fingerprint density at radius 1 is 1.19 bits per heavy atom. The molecule has 0 aromatic heterocycles. The average Bonchev–Trinajstić information content (AvgIpc) is 2.84. The fraction of sp³-hybridized carbons (Fsp3) is 0.364. The van der Waals surface area contributed by atoms with Gasteiger partial charge in [-0.15, -0.1) is 0 Å². The van der Waals surface area contributed by atoms with Gasteiger partial charge in [-0.1, -0.05) is 48.5 Å². The number of ether oxygens (including phenoxy) is 1. The summed E-state index contributed by atoms with van der Waals surface area (Å²) >= 11 is 0. The van der Waals surface area contributed by atoms with Crippen LogP contribution in [0.4, 0.5) is 5.69 Å². The molecule has 0 radical (unpaired) electrons. The van der Waals surface area contributed by atoms with E-state index in [1.807, 2.05) is 54.6 Å². The van der Waals surface area contributed by atoms with Gasteiger partial charge < -0.3 is 10.1 Å². The van der Waals surface area contributed by atoms with Gasteiger partial charge in [-0.25, -0.2) is 0 Å². The molecule has 0 saturated heterocycles. The second-order valence-electron chi connectivity index (χ2n) is 6.73. The minimum Gasteiger partial charge on any atom is -0.465 e. The molecule has 1 amide bonds. The first kappa shape index (κ1) is 19.1. The van der Waals surface area contributed by atoms with Gasteiger partial charge in [0.05, 0.1) is 12.6 Å². The number of fused-ring (bicyclic) bond motifs is 1. The molecule has 2 atom stereocenters. The molecule has 5 heteroatoms. The van der Waals surface area contributed by atoms with Gasteiger partial charge in [-0.05, 0) is 49.8 Å². The van der Waals surface area contributed by atoms with Gasteiger partial charge in [0.25, 0.3) is 0 Å². The van der Waals surface area contributed by atoms with Gasteiger partial charge in [0.1, 0.15) is 6.04 Å². The van der Waals surface area contributed by atoms with Gasteiger partial charge in [0.15, 0.2) is 0 Å². The van der Waals surface area contributed by atoms with Crippen molar-refractivity contribution >= 4 is 17.6 Å². The Labute approximate surface area is 160 Å². The second-order valence-corrected chi connectivity index (χ2v) is 6.73. The predicted molar refractivity (Wildman–Crippen MR) is 106 cm³/mol. The van der Waals surface area contributed by atoms with E-state index in [9.17, 15) is 9.59 Å². The fourth-order valence-corrected chi connectivity index (χ4v) is 3.38. The second kappa shape index (κ2) is 9.33. The van der Waals surface area contributed by atoms with E-state index in [-0.39, 0.29) is 11.9 Å². The van der Waals surface area contributed by atoms with E-state index in [2.05, 4.69) is 10.6 Å².